The van der Waals surface area contributed by atoms with Gasteiger partial charge in [0.25, 0.3) is 5.91 Å². The number of hydrogen-bond acceptors (Lipinski definition) is 3. The predicted octanol–water partition coefficient (Wildman–Crippen LogP) is 2.92. The molecule has 1 aromatic rings. The fraction of sp³-hybridized carbons (Fsp3) is 0.650. The Bertz CT molecular complexity index is 722. The van der Waals surface area contributed by atoms with Crippen molar-refractivity contribution >= 4 is 15.9 Å². The summed E-state index contributed by atoms with van der Waals surface area (Å²) in [6, 6.07) is 8.35. The van der Waals surface area contributed by atoms with E-state index < -0.39 is 10.0 Å². The zero-order valence-electron chi connectivity index (χ0n) is 15.9. The molecule has 0 radical (unpaired) electrons. The van der Waals surface area contributed by atoms with Gasteiger partial charge in [-0.05, 0) is 69.1 Å². The number of sulfonamides is 1. The summed E-state index contributed by atoms with van der Waals surface area (Å²) in [5.74, 6) is 0.655. The Morgan fingerprint density at radius 3 is 2.27 bits per heavy atom. The van der Waals surface area contributed by atoms with Crippen molar-refractivity contribution in [3.63, 3.8) is 0 Å². The largest absolute Gasteiger partial charge is 0.336 e. The van der Waals surface area contributed by atoms with E-state index in [-0.39, 0.29) is 5.91 Å². The minimum atomic E-state index is -3.06. The molecule has 0 aliphatic carbocycles. The first-order valence-corrected chi connectivity index (χ1v) is 11.5. The highest BCUT2D eigenvalue weighted by atomic mass is 32.2. The molecule has 0 N–H and O–H groups in total. The number of amides is 1. The molecule has 0 saturated carbocycles. The van der Waals surface area contributed by atoms with Gasteiger partial charge in [-0.25, -0.2) is 12.7 Å². The van der Waals surface area contributed by atoms with Crippen LogP contribution in [0, 0.1) is 5.92 Å². The van der Waals surface area contributed by atoms with Crippen LogP contribution in [0.2, 0.25) is 0 Å². The molecule has 3 rings (SSSR count). The first kappa shape index (κ1) is 19.4. The first-order chi connectivity index (χ1) is 12.3. The molecule has 1 aromatic carbocycles. The Hall–Kier alpha value is -1.40. The van der Waals surface area contributed by atoms with Crippen molar-refractivity contribution in [2.75, 3.05) is 25.9 Å². The van der Waals surface area contributed by atoms with E-state index in [1.54, 1.807) is 4.31 Å². The molecule has 2 aliphatic rings. The van der Waals surface area contributed by atoms with E-state index >= 15 is 0 Å². The molecule has 5 nitrogen and oxygen atoms in total. The SMILES string of the molecule is CC1CCCCN1C(=O)c1ccc(CC2CCN(S(C)(=O)=O)CC2)cc1. The maximum Gasteiger partial charge on any atom is 0.254 e. The standard InChI is InChI=1S/C20H30N2O3S/c1-16-5-3-4-12-22(16)20(23)19-8-6-17(7-9-19)15-18-10-13-21(14-11-18)26(2,24)25/h6-9,16,18H,3-5,10-15H2,1-2H3. The average Bonchev–Trinajstić information content (AvgIpc) is 2.62. The van der Waals surface area contributed by atoms with E-state index in [1.165, 1.54) is 18.2 Å². The minimum absolute atomic E-state index is 0.144. The van der Waals surface area contributed by atoms with Crippen LogP contribution in [-0.4, -0.2) is 55.5 Å². The predicted molar refractivity (Wildman–Crippen MR) is 104 cm³/mol. The van der Waals surface area contributed by atoms with Crippen molar-refractivity contribution in [2.24, 2.45) is 5.92 Å². The molecule has 0 aromatic heterocycles. The summed E-state index contributed by atoms with van der Waals surface area (Å²) < 4.78 is 24.8. The lowest BCUT2D eigenvalue weighted by Crippen LogP contribution is -2.42. The summed E-state index contributed by atoms with van der Waals surface area (Å²) in [4.78, 5) is 14.7. The zero-order chi connectivity index (χ0) is 18.7. The number of hydrogen-bond donors (Lipinski definition) is 0. The Kier molecular flexibility index (Phi) is 6.03. The van der Waals surface area contributed by atoms with E-state index in [0.29, 0.717) is 25.0 Å². The molecule has 6 heteroatoms. The zero-order valence-corrected chi connectivity index (χ0v) is 16.7. The number of nitrogens with zero attached hydrogens (tertiary/aromatic N) is 2. The van der Waals surface area contributed by atoms with E-state index in [2.05, 4.69) is 19.1 Å². The fourth-order valence-corrected chi connectivity index (χ4v) is 5.00. The summed E-state index contributed by atoms with van der Waals surface area (Å²) in [7, 11) is -3.06. The maximum absolute atomic E-state index is 12.7. The molecule has 0 spiro atoms. The number of piperidine rings is 2. The van der Waals surface area contributed by atoms with Gasteiger partial charge in [-0.3, -0.25) is 4.79 Å². The van der Waals surface area contributed by atoms with Crippen LogP contribution >= 0.6 is 0 Å². The molecular formula is C20H30N2O3S. The van der Waals surface area contributed by atoms with Crippen molar-refractivity contribution in [3.8, 4) is 0 Å². The second kappa shape index (κ2) is 8.09. The lowest BCUT2D eigenvalue weighted by atomic mass is 9.90. The lowest BCUT2D eigenvalue weighted by Gasteiger charge is -2.33. The van der Waals surface area contributed by atoms with E-state index in [4.69, 9.17) is 0 Å². The summed E-state index contributed by atoms with van der Waals surface area (Å²) >= 11 is 0. The quantitative estimate of drug-likeness (QED) is 0.809. The smallest absolute Gasteiger partial charge is 0.254 e. The Labute approximate surface area is 157 Å². The Balaban J connectivity index is 1.56. The van der Waals surface area contributed by atoms with Crippen LogP contribution in [0.5, 0.6) is 0 Å². The second-order valence-corrected chi connectivity index (χ2v) is 9.83. The number of carbonyl (C=O) groups excluding carboxylic acids is 1. The van der Waals surface area contributed by atoms with Crippen molar-refractivity contribution in [3.05, 3.63) is 35.4 Å². The third kappa shape index (κ3) is 4.65. The molecule has 1 amide bonds. The molecule has 26 heavy (non-hydrogen) atoms. The van der Waals surface area contributed by atoms with E-state index in [0.717, 1.165) is 44.2 Å². The average molecular weight is 379 g/mol. The van der Waals surface area contributed by atoms with Gasteiger partial charge in [0, 0.05) is 31.2 Å². The van der Waals surface area contributed by atoms with Crippen LogP contribution < -0.4 is 0 Å². The van der Waals surface area contributed by atoms with Gasteiger partial charge in [-0.1, -0.05) is 12.1 Å². The van der Waals surface area contributed by atoms with Crippen molar-refractivity contribution < 1.29 is 13.2 Å². The topological polar surface area (TPSA) is 57.7 Å². The molecular weight excluding hydrogens is 348 g/mol. The highest BCUT2D eigenvalue weighted by molar-refractivity contribution is 7.88. The second-order valence-electron chi connectivity index (χ2n) is 7.85. The molecule has 144 valence electrons. The van der Waals surface area contributed by atoms with Gasteiger partial charge >= 0.3 is 0 Å². The van der Waals surface area contributed by atoms with Crippen LogP contribution in [0.4, 0.5) is 0 Å². The number of likely N-dealkylation sites (tertiary alicyclic amines) is 1. The number of rotatable bonds is 4. The lowest BCUT2D eigenvalue weighted by molar-refractivity contribution is 0.0635. The van der Waals surface area contributed by atoms with Gasteiger partial charge in [0.2, 0.25) is 10.0 Å². The minimum Gasteiger partial charge on any atom is -0.336 e. The molecule has 2 fully saturated rings. The highest BCUT2D eigenvalue weighted by Gasteiger charge is 2.26. The normalized spacial score (nSPS) is 23.2. The van der Waals surface area contributed by atoms with Crippen molar-refractivity contribution in [1.29, 1.82) is 0 Å². The summed E-state index contributed by atoms with van der Waals surface area (Å²) in [6.07, 6.45) is 7.44. The van der Waals surface area contributed by atoms with Crippen LogP contribution in [0.25, 0.3) is 0 Å². The molecule has 1 unspecified atom stereocenters. The van der Waals surface area contributed by atoms with Gasteiger partial charge in [0.15, 0.2) is 0 Å². The van der Waals surface area contributed by atoms with Gasteiger partial charge in [0.1, 0.15) is 0 Å². The number of carbonyl (C=O) groups is 1. The van der Waals surface area contributed by atoms with Crippen LogP contribution in [-0.2, 0) is 16.4 Å². The third-order valence-corrected chi connectivity index (χ3v) is 7.13. The Morgan fingerprint density at radius 1 is 1.04 bits per heavy atom. The molecule has 2 saturated heterocycles. The van der Waals surface area contributed by atoms with Crippen LogP contribution in [0.3, 0.4) is 0 Å². The van der Waals surface area contributed by atoms with Gasteiger partial charge in [-0.2, -0.15) is 0 Å². The first-order valence-electron chi connectivity index (χ1n) is 9.69. The fourth-order valence-electron chi connectivity index (χ4n) is 4.13. The maximum atomic E-state index is 12.7. The van der Waals surface area contributed by atoms with E-state index in [1.807, 2.05) is 17.0 Å². The van der Waals surface area contributed by atoms with Crippen molar-refractivity contribution in [2.45, 2.75) is 51.5 Å². The van der Waals surface area contributed by atoms with Gasteiger partial charge in [0.05, 0.1) is 6.26 Å². The monoisotopic (exact) mass is 378 g/mol. The molecule has 2 aliphatic heterocycles. The third-order valence-electron chi connectivity index (χ3n) is 5.83. The highest BCUT2D eigenvalue weighted by Crippen LogP contribution is 2.24. The summed E-state index contributed by atoms with van der Waals surface area (Å²) in [6.45, 7) is 4.23. The van der Waals surface area contributed by atoms with Gasteiger partial charge in [-0.15, -0.1) is 0 Å². The van der Waals surface area contributed by atoms with Crippen LogP contribution in [0.1, 0.15) is 54.9 Å². The summed E-state index contributed by atoms with van der Waals surface area (Å²) in [5.41, 5.74) is 2.00. The molecule has 2 heterocycles. The molecule has 0 bridgehead atoms. The Morgan fingerprint density at radius 2 is 1.69 bits per heavy atom. The molecule has 1 atom stereocenters. The van der Waals surface area contributed by atoms with Gasteiger partial charge < -0.3 is 4.90 Å². The van der Waals surface area contributed by atoms with E-state index in [9.17, 15) is 13.2 Å². The number of benzene rings is 1. The van der Waals surface area contributed by atoms with Crippen molar-refractivity contribution in [1.82, 2.24) is 9.21 Å². The summed E-state index contributed by atoms with van der Waals surface area (Å²) in [5, 5.41) is 0. The van der Waals surface area contributed by atoms with Crippen LogP contribution in [0.15, 0.2) is 24.3 Å².